The van der Waals surface area contributed by atoms with Gasteiger partial charge in [0.2, 0.25) is 5.91 Å². The number of carbonyl (C=O) groups excluding carboxylic acids is 2. The maximum absolute atomic E-state index is 12.9. The summed E-state index contributed by atoms with van der Waals surface area (Å²) < 4.78 is 0. The van der Waals surface area contributed by atoms with Gasteiger partial charge in [-0.25, -0.2) is 4.98 Å². The molecule has 158 valence electrons. The molecule has 1 fully saturated rings. The molecule has 9 nitrogen and oxygen atoms in total. The highest BCUT2D eigenvalue weighted by atomic mass is 16.6. The van der Waals surface area contributed by atoms with Crippen LogP contribution in [-0.4, -0.2) is 52.8 Å². The van der Waals surface area contributed by atoms with Crippen molar-refractivity contribution in [3.8, 4) is 0 Å². The molecule has 1 saturated heterocycles. The maximum atomic E-state index is 12.9. The SMILES string of the molecule is CC(C)(C)C(=O)Nc1cccc(C(=O)N2CCN(c3ccc([N+](=O)[O-])cn3)CC2)c1. The lowest BCUT2D eigenvalue weighted by atomic mass is 9.95. The van der Waals surface area contributed by atoms with Gasteiger partial charge < -0.3 is 15.1 Å². The van der Waals surface area contributed by atoms with E-state index in [1.807, 2.05) is 25.7 Å². The van der Waals surface area contributed by atoms with E-state index in [4.69, 9.17) is 0 Å². The lowest BCUT2D eigenvalue weighted by Crippen LogP contribution is -2.49. The van der Waals surface area contributed by atoms with Crippen LogP contribution in [0.25, 0.3) is 0 Å². The number of piperazine rings is 1. The lowest BCUT2D eigenvalue weighted by Gasteiger charge is -2.35. The number of benzene rings is 1. The van der Waals surface area contributed by atoms with Crippen LogP contribution in [-0.2, 0) is 4.79 Å². The van der Waals surface area contributed by atoms with Gasteiger partial charge in [0.05, 0.1) is 4.92 Å². The highest BCUT2D eigenvalue weighted by Crippen LogP contribution is 2.21. The average Bonchev–Trinajstić information content (AvgIpc) is 2.73. The van der Waals surface area contributed by atoms with Crippen LogP contribution in [0.3, 0.4) is 0 Å². The maximum Gasteiger partial charge on any atom is 0.287 e. The minimum absolute atomic E-state index is 0.0500. The van der Waals surface area contributed by atoms with Gasteiger partial charge in [0.15, 0.2) is 0 Å². The second kappa shape index (κ2) is 8.48. The van der Waals surface area contributed by atoms with Crippen LogP contribution >= 0.6 is 0 Å². The number of hydrogen-bond donors (Lipinski definition) is 1. The fourth-order valence-corrected chi connectivity index (χ4v) is 3.04. The summed E-state index contributed by atoms with van der Waals surface area (Å²) in [5, 5.41) is 13.6. The number of rotatable bonds is 4. The number of anilines is 2. The van der Waals surface area contributed by atoms with E-state index in [0.717, 1.165) is 0 Å². The Bertz CT molecular complexity index is 945. The minimum atomic E-state index is -0.526. The molecule has 0 spiro atoms. The molecule has 1 aliphatic rings. The van der Waals surface area contributed by atoms with Gasteiger partial charge >= 0.3 is 0 Å². The number of nitrogens with one attached hydrogen (secondary N) is 1. The fraction of sp³-hybridized carbons (Fsp3) is 0.381. The van der Waals surface area contributed by atoms with Gasteiger partial charge in [-0.2, -0.15) is 0 Å². The molecular formula is C21H25N5O4. The summed E-state index contributed by atoms with van der Waals surface area (Å²) in [6.45, 7) is 7.67. The van der Waals surface area contributed by atoms with Gasteiger partial charge in [-0.1, -0.05) is 26.8 Å². The predicted octanol–water partition coefficient (Wildman–Crippen LogP) is 2.94. The van der Waals surface area contributed by atoms with E-state index in [1.165, 1.54) is 12.3 Å². The van der Waals surface area contributed by atoms with Crippen molar-refractivity contribution in [3.63, 3.8) is 0 Å². The van der Waals surface area contributed by atoms with Gasteiger partial charge in [-0.05, 0) is 24.3 Å². The second-order valence-electron chi connectivity index (χ2n) is 8.20. The Labute approximate surface area is 174 Å². The zero-order valence-corrected chi connectivity index (χ0v) is 17.3. The van der Waals surface area contributed by atoms with Gasteiger partial charge in [0, 0.05) is 48.9 Å². The predicted molar refractivity (Wildman–Crippen MR) is 114 cm³/mol. The van der Waals surface area contributed by atoms with Crippen LogP contribution in [0.5, 0.6) is 0 Å². The molecular weight excluding hydrogens is 386 g/mol. The monoisotopic (exact) mass is 411 g/mol. The molecule has 2 heterocycles. The van der Waals surface area contributed by atoms with Gasteiger partial charge in [0.25, 0.3) is 11.6 Å². The van der Waals surface area contributed by atoms with Gasteiger partial charge in [-0.3, -0.25) is 19.7 Å². The zero-order chi connectivity index (χ0) is 21.9. The Morgan fingerprint density at radius 1 is 1.10 bits per heavy atom. The molecule has 1 N–H and O–H groups in total. The Morgan fingerprint density at radius 3 is 2.37 bits per heavy atom. The number of hydrogen-bond acceptors (Lipinski definition) is 6. The van der Waals surface area contributed by atoms with E-state index in [2.05, 4.69) is 10.3 Å². The number of amides is 2. The number of nitrogens with zero attached hydrogens (tertiary/aromatic N) is 4. The van der Waals surface area contributed by atoms with Crippen molar-refractivity contribution >= 4 is 29.0 Å². The molecule has 1 aliphatic heterocycles. The van der Waals surface area contributed by atoms with E-state index >= 15 is 0 Å². The third kappa shape index (κ3) is 4.91. The Morgan fingerprint density at radius 2 is 1.80 bits per heavy atom. The van der Waals surface area contributed by atoms with Crippen molar-refractivity contribution in [1.82, 2.24) is 9.88 Å². The summed E-state index contributed by atoms with van der Waals surface area (Å²) in [5.41, 5.74) is 0.534. The molecule has 0 aliphatic carbocycles. The topological polar surface area (TPSA) is 109 Å². The van der Waals surface area contributed by atoms with Crippen molar-refractivity contribution in [2.75, 3.05) is 36.4 Å². The normalized spacial score (nSPS) is 14.4. The molecule has 1 aromatic carbocycles. The molecule has 30 heavy (non-hydrogen) atoms. The molecule has 2 aromatic rings. The smallest absolute Gasteiger partial charge is 0.287 e. The molecule has 9 heteroatoms. The first kappa shape index (κ1) is 21.2. The third-order valence-corrected chi connectivity index (χ3v) is 4.88. The van der Waals surface area contributed by atoms with Gasteiger partial charge in [0.1, 0.15) is 12.0 Å². The molecule has 0 unspecified atom stereocenters. The average molecular weight is 411 g/mol. The van der Waals surface area contributed by atoms with Crippen molar-refractivity contribution in [1.29, 1.82) is 0 Å². The highest BCUT2D eigenvalue weighted by molar-refractivity contribution is 5.98. The Hall–Kier alpha value is -3.49. The van der Waals surface area contributed by atoms with Crippen LogP contribution < -0.4 is 10.2 Å². The van der Waals surface area contributed by atoms with E-state index in [9.17, 15) is 19.7 Å². The van der Waals surface area contributed by atoms with Crippen LogP contribution in [0.4, 0.5) is 17.2 Å². The minimum Gasteiger partial charge on any atom is -0.353 e. The number of pyridine rings is 1. The third-order valence-electron chi connectivity index (χ3n) is 4.88. The van der Waals surface area contributed by atoms with Crippen LogP contribution in [0, 0.1) is 15.5 Å². The van der Waals surface area contributed by atoms with E-state index in [1.54, 1.807) is 35.2 Å². The molecule has 1 aromatic heterocycles. The summed E-state index contributed by atoms with van der Waals surface area (Å²) >= 11 is 0. The largest absolute Gasteiger partial charge is 0.353 e. The highest BCUT2D eigenvalue weighted by Gasteiger charge is 2.24. The first-order valence-electron chi connectivity index (χ1n) is 9.71. The fourth-order valence-electron chi connectivity index (χ4n) is 3.04. The summed E-state index contributed by atoms with van der Waals surface area (Å²) in [6, 6.07) is 9.99. The van der Waals surface area contributed by atoms with Crippen LogP contribution in [0.1, 0.15) is 31.1 Å². The van der Waals surface area contributed by atoms with E-state index in [0.29, 0.717) is 43.2 Å². The Kier molecular flexibility index (Phi) is 6.00. The van der Waals surface area contributed by atoms with Crippen molar-refractivity contribution in [2.45, 2.75) is 20.8 Å². The first-order valence-corrected chi connectivity index (χ1v) is 9.71. The second-order valence-corrected chi connectivity index (χ2v) is 8.20. The summed E-state index contributed by atoms with van der Waals surface area (Å²) in [6.07, 6.45) is 1.24. The number of carbonyl (C=O) groups is 2. The number of aromatic nitrogens is 1. The molecule has 0 atom stereocenters. The van der Waals surface area contributed by atoms with E-state index in [-0.39, 0.29) is 17.5 Å². The molecule has 2 amide bonds. The van der Waals surface area contributed by atoms with E-state index < -0.39 is 10.3 Å². The van der Waals surface area contributed by atoms with Crippen LogP contribution in [0.2, 0.25) is 0 Å². The number of nitro groups is 1. The standard InChI is InChI=1S/C21H25N5O4/c1-21(2,3)20(28)23-16-6-4-5-15(13-16)19(27)25-11-9-24(10-12-25)18-8-7-17(14-22-18)26(29)30/h4-8,13-14H,9-12H2,1-3H3,(H,23,28). The molecule has 3 rings (SSSR count). The zero-order valence-electron chi connectivity index (χ0n) is 17.3. The Balaban J connectivity index is 1.62. The van der Waals surface area contributed by atoms with Crippen molar-refractivity contribution in [3.05, 3.63) is 58.3 Å². The summed E-state index contributed by atoms with van der Waals surface area (Å²) in [4.78, 5) is 43.3. The molecule has 0 saturated carbocycles. The quantitative estimate of drug-likeness (QED) is 0.612. The summed E-state index contributed by atoms with van der Waals surface area (Å²) in [7, 11) is 0. The van der Waals surface area contributed by atoms with Crippen molar-refractivity contribution < 1.29 is 14.5 Å². The van der Waals surface area contributed by atoms with Gasteiger partial charge in [-0.15, -0.1) is 0 Å². The first-order chi connectivity index (χ1) is 14.1. The summed E-state index contributed by atoms with van der Waals surface area (Å²) in [5.74, 6) is 0.439. The van der Waals surface area contributed by atoms with Crippen LogP contribution in [0.15, 0.2) is 42.6 Å². The molecule has 0 bridgehead atoms. The molecule has 0 radical (unpaired) electrons. The lowest BCUT2D eigenvalue weighted by molar-refractivity contribution is -0.385. The van der Waals surface area contributed by atoms with Crippen molar-refractivity contribution in [2.24, 2.45) is 5.41 Å².